The molecule has 0 N–H and O–H groups in total. The van der Waals surface area contributed by atoms with Gasteiger partial charge in [0, 0.05) is 17.1 Å². The lowest BCUT2D eigenvalue weighted by Crippen LogP contribution is -1.92. The molecule has 2 aromatic rings. The normalized spacial score (nSPS) is 11.0. The molecule has 0 atom stereocenters. The van der Waals surface area contributed by atoms with Gasteiger partial charge in [-0.05, 0) is 25.5 Å². The van der Waals surface area contributed by atoms with Crippen molar-refractivity contribution in [2.45, 2.75) is 13.8 Å². The molecule has 0 amide bonds. The van der Waals surface area contributed by atoms with Crippen molar-refractivity contribution < 1.29 is 4.39 Å². The highest BCUT2D eigenvalue weighted by Crippen LogP contribution is 2.33. The summed E-state index contributed by atoms with van der Waals surface area (Å²) in [6.45, 7) is 3.70. The van der Waals surface area contributed by atoms with Crippen LogP contribution in [0.15, 0.2) is 12.1 Å². The molecule has 0 radical (unpaired) electrons. The molecule has 0 saturated heterocycles. The summed E-state index contributed by atoms with van der Waals surface area (Å²) in [5.74, 6) is -0.403. The minimum Gasteiger partial charge on any atom is -0.253 e. The summed E-state index contributed by atoms with van der Waals surface area (Å²) >= 11 is 12.1. The second-order valence-electron chi connectivity index (χ2n) is 3.42. The molecule has 0 saturated carbocycles. The Morgan fingerprint density at radius 1 is 1.20 bits per heavy atom. The average Bonchev–Trinajstić information content (AvgIpc) is 2.13. The Morgan fingerprint density at radius 3 is 2.53 bits per heavy atom. The zero-order chi connectivity index (χ0) is 11.2. The number of nitrogens with zero attached hydrogens (tertiary/aromatic N) is 1. The minimum atomic E-state index is -0.403. The maximum absolute atomic E-state index is 13.1. The Morgan fingerprint density at radius 2 is 1.87 bits per heavy atom. The van der Waals surface area contributed by atoms with E-state index in [0.717, 1.165) is 11.3 Å². The van der Waals surface area contributed by atoms with Gasteiger partial charge in [-0.1, -0.05) is 23.2 Å². The highest BCUT2D eigenvalue weighted by atomic mass is 35.5. The molecule has 0 spiro atoms. The molecule has 4 heteroatoms. The monoisotopic (exact) mass is 243 g/mol. The third kappa shape index (κ3) is 1.68. The first kappa shape index (κ1) is 10.7. The molecule has 0 bridgehead atoms. The molecular formula is C11H8Cl2FN. The number of aromatic nitrogens is 1. The molecule has 2 rings (SSSR count). The number of benzene rings is 1. The van der Waals surface area contributed by atoms with Crippen molar-refractivity contribution in [2.24, 2.45) is 0 Å². The van der Waals surface area contributed by atoms with E-state index in [4.69, 9.17) is 23.2 Å². The van der Waals surface area contributed by atoms with Gasteiger partial charge in [0.15, 0.2) is 0 Å². The van der Waals surface area contributed by atoms with Gasteiger partial charge in [-0.15, -0.1) is 0 Å². The van der Waals surface area contributed by atoms with Gasteiger partial charge >= 0.3 is 0 Å². The first-order valence-corrected chi connectivity index (χ1v) is 5.17. The van der Waals surface area contributed by atoms with Gasteiger partial charge in [0.1, 0.15) is 5.82 Å². The van der Waals surface area contributed by atoms with Crippen LogP contribution in [-0.4, -0.2) is 4.98 Å². The number of pyridine rings is 1. The van der Waals surface area contributed by atoms with Crippen LogP contribution in [0.5, 0.6) is 0 Å². The Kier molecular flexibility index (Phi) is 2.57. The smallest absolute Gasteiger partial charge is 0.126 e. The molecular weight excluding hydrogens is 236 g/mol. The fraction of sp³-hybridized carbons (Fsp3) is 0.182. The van der Waals surface area contributed by atoms with Crippen molar-refractivity contribution >= 4 is 34.1 Å². The predicted octanol–water partition coefficient (Wildman–Crippen LogP) is 4.30. The van der Waals surface area contributed by atoms with E-state index in [-0.39, 0.29) is 0 Å². The van der Waals surface area contributed by atoms with E-state index < -0.39 is 5.82 Å². The van der Waals surface area contributed by atoms with Crippen LogP contribution < -0.4 is 0 Å². The van der Waals surface area contributed by atoms with Crippen molar-refractivity contribution in [3.05, 3.63) is 39.3 Å². The van der Waals surface area contributed by atoms with Crippen molar-refractivity contribution in [2.75, 3.05) is 0 Å². The molecule has 0 aliphatic carbocycles. The van der Waals surface area contributed by atoms with Crippen molar-refractivity contribution in [3.8, 4) is 0 Å². The molecule has 0 aliphatic rings. The third-order valence-corrected chi connectivity index (χ3v) is 3.18. The summed E-state index contributed by atoms with van der Waals surface area (Å²) in [6, 6.07) is 2.58. The van der Waals surface area contributed by atoms with Gasteiger partial charge < -0.3 is 0 Å². The summed E-state index contributed by atoms with van der Waals surface area (Å²) in [5, 5.41) is 1.45. The SMILES string of the molecule is Cc1nc2cc(F)cc(Cl)c2c(Cl)c1C. The van der Waals surface area contributed by atoms with Gasteiger partial charge in [0.25, 0.3) is 0 Å². The number of fused-ring (bicyclic) bond motifs is 1. The third-order valence-electron chi connectivity index (χ3n) is 2.41. The number of rotatable bonds is 0. The topological polar surface area (TPSA) is 12.9 Å². The van der Waals surface area contributed by atoms with E-state index in [1.54, 1.807) is 0 Å². The maximum atomic E-state index is 13.1. The lowest BCUT2D eigenvalue weighted by molar-refractivity contribution is 0.629. The van der Waals surface area contributed by atoms with E-state index >= 15 is 0 Å². The predicted molar refractivity (Wildman–Crippen MR) is 61.2 cm³/mol. The lowest BCUT2D eigenvalue weighted by atomic mass is 10.1. The molecule has 15 heavy (non-hydrogen) atoms. The fourth-order valence-corrected chi connectivity index (χ4v) is 2.16. The molecule has 0 fully saturated rings. The highest BCUT2D eigenvalue weighted by molar-refractivity contribution is 6.42. The van der Waals surface area contributed by atoms with Crippen molar-refractivity contribution in [1.29, 1.82) is 0 Å². The Labute approximate surface area is 96.8 Å². The van der Waals surface area contributed by atoms with E-state index in [2.05, 4.69) is 4.98 Å². The minimum absolute atomic E-state index is 0.297. The summed E-state index contributed by atoms with van der Waals surface area (Å²) in [5.41, 5.74) is 2.15. The quantitative estimate of drug-likeness (QED) is 0.673. The van der Waals surface area contributed by atoms with Gasteiger partial charge in [-0.3, -0.25) is 4.98 Å². The van der Waals surface area contributed by atoms with Gasteiger partial charge in [-0.2, -0.15) is 0 Å². The van der Waals surface area contributed by atoms with Crippen LogP contribution in [0.2, 0.25) is 10.0 Å². The molecule has 1 aromatic carbocycles. The summed E-state index contributed by atoms with van der Waals surface area (Å²) < 4.78 is 13.1. The first-order chi connectivity index (χ1) is 7.00. The zero-order valence-corrected chi connectivity index (χ0v) is 9.75. The highest BCUT2D eigenvalue weighted by Gasteiger charge is 2.11. The largest absolute Gasteiger partial charge is 0.253 e. The van der Waals surface area contributed by atoms with E-state index in [1.807, 2.05) is 13.8 Å². The summed E-state index contributed by atoms with van der Waals surface area (Å²) in [4.78, 5) is 4.25. The molecule has 78 valence electrons. The van der Waals surface area contributed by atoms with Crippen LogP contribution in [0.3, 0.4) is 0 Å². The second-order valence-corrected chi connectivity index (χ2v) is 4.20. The first-order valence-electron chi connectivity index (χ1n) is 4.42. The van der Waals surface area contributed by atoms with Crippen molar-refractivity contribution in [3.63, 3.8) is 0 Å². The lowest BCUT2D eigenvalue weighted by Gasteiger charge is -2.08. The number of hydrogen-bond donors (Lipinski definition) is 0. The van der Waals surface area contributed by atoms with Gasteiger partial charge in [0.05, 0.1) is 15.6 Å². The Hall–Kier alpha value is -0.860. The van der Waals surface area contributed by atoms with Crippen LogP contribution in [0.1, 0.15) is 11.3 Å². The van der Waals surface area contributed by atoms with Crippen LogP contribution >= 0.6 is 23.2 Å². The standard InChI is InChI=1S/C11H8Cl2FN/c1-5-6(2)15-9-4-7(14)3-8(12)10(9)11(5)13/h3-4H,1-2H3. The molecule has 1 nitrogen and oxygen atoms in total. The van der Waals surface area contributed by atoms with E-state index in [0.29, 0.717) is 20.9 Å². The Bertz CT molecular complexity index is 552. The molecule has 0 aliphatic heterocycles. The molecule has 1 heterocycles. The van der Waals surface area contributed by atoms with E-state index in [9.17, 15) is 4.39 Å². The summed E-state index contributed by atoms with van der Waals surface area (Å²) in [7, 11) is 0. The van der Waals surface area contributed by atoms with Gasteiger partial charge in [-0.25, -0.2) is 4.39 Å². The van der Waals surface area contributed by atoms with E-state index in [1.165, 1.54) is 12.1 Å². The number of hydrogen-bond acceptors (Lipinski definition) is 1. The van der Waals surface area contributed by atoms with Crippen LogP contribution in [0, 0.1) is 19.7 Å². The van der Waals surface area contributed by atoms with Crippen molar-refractivity contribution in [1.82, 2.24) is 4.98 Å². The van der Waals surface area contributed by atoms with Crippen LogP contribution in [0.25, 0.3) is 10.9 Å². The Balaban J connectivity index is 2.99. The molecule has 0 unspecified atom stereocenters. The average molecular weight is 244 g/mol. The summed E-state index contributed by atoms with van der Waals surface area (Å²) in [6.07, 6.45) is 0. The second kappa shape index (κ2) is 3.62. The number of halogens is 3. The fourth-order valence-electron chi connectivity index (χ4n) is 1.48. The maximum Gasteiger partial charge on any atom is 0.126 e. The van der Waals surface area contributed by atoms with Crippen LogP contribution in [-0.2, 0) is 0 Å². The van der Waals surface area contributed by atoms with Gasteiger partial charge in [0.2, 0.25) is 0 Å². The van der Waals surface area contributed by atoms with Crippen LogP contribution in [0.4, 0.5) is 4.39 Å². The zero-order valence-electron chi connectivity index (χ0n) is 8.24. The number of aryl methyl sites for hydroxylation is 1. The molecule has 1 aromatic heterocycles.